The van der Waals surface area contributed by atoms with Crippen LogP contribution in [-0.2, 0) is 0 Å². The number of aliphatic hydroxyl groups is 1. The molecule has 1 fully saturated rings. The molecule has 0 heterocycles. The summed E-state index contributed by atoms with van der Waals surface area (Å²) in [5.74, 6) is 1.28. The van der Waals surface area contributed by atoms with Crippen LogP contribution in [0.3, 0.4) is 0 Å². The second kappa shape index (κ2) is 3.91. The predicted molar refractivity (Wildman–Crippen MR) is 47.3 cm³/mol. The van der Waals surface area contributed by atoms with E-state index in [4.69, 9.17) is 0 Å². The van der Waals surface area contributed by atoms with Gasteiger partial charge in [0.1, 0.15) is 0 Å². The number of aliphatic hydroxyl groups excluding tert-OH is 1. The van der Waals surface area contributed by atoms with Crippen LogP contribution < -0.4 is 0 Å². The van der Waals surface area contributed by atoms with E-state index in [2.05, 4.69) is 13.5 Å². The van der Waals surface area contributed by atoms with Gasteiger partial charge in [0.15, 0.2) is 0 Å². The van der Waals surface area contributed by atoms with Crippen LogP contribution in [0.25, 0.3) is 0 Å². The lowest BCUT2D eigenvalue weighted by molar-refractivity contribution is 0.109. The molecule has 0 bridgehead atoms. The average Bonchev–Trinajstić information content (AvgIpc) is 2.03. The highest BCUT2D eigenvalue weighted by atomic mass is 16.3. The van der Waals surface area contributed by atoms with Crippen LogP contribution in [0.1, 0.15) is 32.6 Å². The molecule has 0 spiro atoms. The van der Waals surface area contributed by atoms with Gasteiger partial charge in [0.2, 0.25) is 0 Å². The molecule has 2 unspecified atom stereocenters. The molecule has 0 aromatic heterocycles. The Morgan fingerprint density at radius 1 is 1.55 bits per heavy atom. The van der Waals surface area contributed by atoms with Crippen LogP contribution in [0, 0.1) is 11.8 Å². The predicted octanol–water partition coefficient (Wildman–Crippen LogP) is 2.36. The minimum Gasteiger partial charge on any atom is -0.389 e. The molecule has 0 aromatic rings. The van der Waals surface area contributed by atoms with Crippen molar-refractivity contribution in [3.05, 3.63) is 12.7 Å². The summed E-state index contributed by atoms with van der Waals surface area (Å²) in [7, 11) is 0. The molecule has 0 saturated heterocycles. The van der Waals surface area contributed by atoms with E-state index in [1.807, 2.05) is 0 Å². The first-order chi connectivity index (χ1) is 5.24. The molecule has 1 heteroatoms. The Balaban J connectivity index is 2.38. The number of hydrogen-bond donors (Lipinski definition) is 1. The minimum absolute atomic E-state index is 0.266. The van der Waals surface area contributed by atoms with Gasteiger partial charge in [-0.25, -0.2) is 0 Å². The van der Waals surface area contributed by atoms with Crippen molar-refractivity contribution in [3.8, 4) is 0 Å². The highest BCUT2D eigenvalue weighted by Crippen LogP contribution is 2.30. The molecule has 11 heavy (non-hydrogen) atoms. The lowest BCUT2D eigenvalue weighted by Gasteiger charge is -2.28. The third-order valence-electron chi connectivity index (χ3n) is 2.70. The fourth-order valence-corrected chi connectivity index (χ4v) is 1.98. The van der Waals surface area contributed by atoms with Crippen LogP contribution in [0.15, 0.2) is 12.7 Å². The van der Waals surface area contributed by atoms with Crippen LogP contribution >= 0.6 is 0 Å². The van der Waals surface area contributed by atoms with Gasteiger partial charge in [-0.05, 0) is 24.7 Å². The largest absolute Gasteiger partial charge is 0.389 e. The van der Waals surface area contributed by atoms with Gasteiger partial charge in [-0.3, -0.25) is 0 Å². The van der Waals surface area contributed by atoms with Gasteiger partial charge in [-0.1, -0.05) is 25.8 Å². The molecular formula is C10H18O. The maximum Gasteiger partial charge on any atom is 0.0746 e. The summed E-state index contributed by atoms with van der Waals surface area (Å²) >= 11 is 0. The van der Waals surface area contributed by atoms with Gasteiger partial charge in [0, 0.05) is 0 Å². The smallest absolute Gasteiger partial charge is 0.0746 e. The first kappa shape index (κ1) is 8.79. The summed E-state index contributed by atoms with van der Waals surface area (Å²) < 4.78 is 0. The fourth-order valence-electron chi connectivity index (χ4n) is 1.98. The molecule has 1 rings (SSSR count). The summed E-state index contributed by atoms with van der Waals surface area (Å²) in [6.45, 7) is 5.88. The van der Waals surface area contributed by atoms with Gasteiger partial charge in [-0.15, -0.1) is 6.58 Å². The van der Waals surface area contributed by atoms with E-state index < -0.39 is 0 Å². The number of rotatable bonds is 2. The fraction of sp³-hybridized carbons (Fsp3) is 0.800. The molecule has 1 aliphatic carbocycles. The quantitative estimate of drug-likeness (QED) is 0.605. The summed E-state index contributed by atoms with van der Waals surface area (Å²) in [5.41, 5.74) is 0. The van der Waals surface area contributed by atoms with Crippen molar-refractivity contribution in [2.75, 3.05) is 0 Å². The van der Waals surface area contributed by atoms with Crippen LogP contribution in [0.5, 0.6) is 0 Å². The molecule has 0 aromatic carbocycles. The standard InChI is InChI=1S/C10H18O/c1-3-10(11)9-6-4-5-8(2)7-9/h3,8-11H,1,4-7H2,2H3/t8-,9?,10?/m0/s1. The monoisotopic (exact) mass is 154 g/mol. The van der Waals surface area contributed by atoms with E-state index in [1.54, 1.807) is 6.08 Å². The summed E-state index contributed by atoms with van der Waals surface area (Å²) in [4.78, 5) is 0. The lowest BCUT2D eigenvalue weighted by Crippen LogP contribution is -2.23. The Bertz CT molecular complexity index is 131. The molecule has 0 aliphatic heterocycles. The molecule has 0 amide bonds. The van der Waals surface area contributed by atoms with Crippen molar-refractivity contribution in [2.45, 2.75) is 38.7 Å². The van der Waals surface area contributed by atoms with Crippen LogP contribution in [0.4, 0.5) is 0 Å². The lowest BCUT2D eigenvalue weighted by atomic mass is 9.80. The zero-order valence-electron chi connectivity index (χ0n) is 7.29. The molecular weight excluding hydrogens is 136 g/mol. The van der Waals surface area contributed by atoms with Crippen molar-refractivity contribution in [3.63, 3.8) is 0 Å². The van der Waals surface area contributed by atoms with Crippen LogP contribution in [-0.4, -0.2) is 11.2 Å². The molecule has 1 nitrogen and oxygen atoms in total. The average molecular weight is 154 g/mol. The third-order valence-corrected chi connectivity index (χ3v) is 2.70. The van der Waals surface area contributed by atoms with Gasteiger partial charge in [0.05, 0.1) is 6.10 Å². The SMILES string of the molecule is C=CC(O)C1CCC[C@H](C)C1. The highest BCUT2D eigenvalue weighted by Gasteiger charge is 2.22. The van der Waals surface area contributed by atoms with Crippen molar-refractivity contribution in [2.24, 2.45) is 11.8 Å². The molecule has 0 radical (unpaired) electrons. The zero-order valence-corrected chi connectivity index (χ0v) is 7.29. The topological polar surface area (TPSA) is 20.2 Å². The minimum atomic E-state index is -0.266. The Labute approximate surface area is 69.1 Å². The van der Waals surface area contributed by atoms with Crippen molar-refractivity contribution in [1.82, 2.24) is 0 Å². The first-order valence-corrected chi connectivity index (χ1v) is 4.54. The zero-order chi connectivity index (χ0) is 8.27. The second-order valence-corrected chi connectivity index (χ2v) is 3.76. The molecule has 1 saturated carbocycles. The Hall–Kier alpha value is -0.300. The van der Waals surface area contributed by atoms with Crippen molar-refractivity contribution < 1.29 is 5.11 Å². The van der Waals surface area contributed by atoms with E-state index in [9.17, 15) is 5.11 Å². The van der Waals surface area contributed by atoms with Gasteiger partial charge >= 0.3 is 0 Å². The Morgan fingerprint density at radius 3 is 2.82 bits per heavy atom. The maximum absolute atomic E-state index is 9.48. The summed E-state index contributed by atoms with van der Waals surface area (Å²) in [5, 5.41) is 9.48. The summed E-state index contributed by atoms with van der Waals surface area (Å²) in [6, 6.07) is 0. The van der Waals surface area contributed by atoms with E-state index in [-0.39, 0.29) is 6.10 Å². The molecule has 1 N–H and O–H groups in total. The van der Waals surface area contributed by atoms with Gasteiger partial charge < -0.3 is 5.11 Å². The van der Waals surface area contributed by atoms with Crippen molar-refractivity contribution in [1.29, 1.82) is 0 Å². The molecule has 3 atom stereocenters. The summed E-state index contributed by atoms with van der Waals surface area (Å²) in [6.07, 6.45) is 6.36. The number of hydrogen-bond acceptors (Lipinski definition) is 1. The van der Waals surface area contributed by atoms with Gasteiger partial charge in [0.25, 0.3) is 0 Å². The first-order valence-electron chi connectivity index (χ1n) is 4.54. The molecule has 64 valence electrons. The van der Waals surface area contributed by atoms with E-state index in [1.165, 1.54) is 25.7 Å². The van der Waals surface area contributed by atoms with Gasteiger partial charge in [-0.2, -0.15) is 0 Å². The van der Waals surface area contributed by atoms with E-state index >= 15 is 0 Å². The molecule has 1 aliphatic rings. The van der Waals surface area contributed by atoms with Crippen LogP contribution in [0.2, 0.25) is 0 Å². The Morgan fingerprint density at radius 2 is 2.27 bits per heavy atom. The van der Waals surface area contributed by atoms with E-state index in [0.717, 1.165) is 5.92 Å². The third kappa shape index (κ3) is 2.33. The Kier molecular flexibility index (Phi) is 3.13. The second-order valence-electron chi connectivity index (χ2n) is 3.76. The van der Waals surface area contributed by atoms with Crippen molar-refractivity contribution >= 4 is 0 Å². The normalized spacial score (nSPS) is 34.7. The highest BCUT2D eigenvalue weighted by molar-refractivity contribution is 4.86. The van der Waals surface area contributed by atoms with E-state index in [0.29, 0.717) is 5.92 Å². The maximum atomic E-state index is 9.48.